The number of halogens is 1. The number of carboxylic acids is 1. The number of methoxy groups -OCH3 is 1. The van der Waals surface area contributed by atoms with Gasteiger partial charge in [0.25, 0.3) is 5.91 Å². The normalized spacial score (nSPS) is 11.9. The number of aryl methyl sites for hydroxylation is 1. The molecule has 0 radical (unpaired) electrons. The molecule has 6 heteroatoms. The van der Waals surface area contributed by atoms with E-state index in [1.54, 1.807) is 19.1 Å². The molecule has 20 heavy (non-hydrogen) atoms. The Balaban J connectivity index is 2.75. The van der Waals surface area contributed by atoms with Crippen LogP contribution in [0, 0.1) is 12.7 Å². The van der Waals surface area contributed by atoms with Crippen molar-refractivity contribution in [2.24, 2.45) is 0 Å². The largest absolute Gasteiger partial charge is 0.480 e. The molecule has 1 aromatic carbocycles. The number of carbonyl (C=O) groups is 2. The van der Waals surface area contributed by atoms with Crippen LogP contribution in [0.3, 0.4) is 0 Å². The maximum atomic E-state index is 13.8. The number of hydrogen-bond donors (Lipinski definition) is 2. The molecule has 110 valence electrons. The van der Waals surface area contributed by atoms with Crippen LogP contribution in [0.25, 0.3) is 0 Å². The second-order valence-electron chi connectivity index (χ2n) is 4.44. The zero-order chi connectivity index (χ0) is 15.1. The first-order valence-electron chi connectivity index (χ1n) is 6.25. The van der Waals surface area contributed by atoms with Gasteiger partial charge in [-0.3, -0.25) is 4.79 Å². The molecule has 1 atom stereocenters. The fourth-order valence-corrected chi connectivity index (χ4v) is 1.75. The van der Waals surface area contributed by atoms with Crippen LogP contribution < -0.4 is 5.32 Å². The Morgan fingerprint density at radius 3 is 2.75 bits per heavy atom. The highest BCUT2D eigenvalue weighted by Gasteiger charge is 2.22. The second-order valence-corrected chi connectivity index (χ2v) is 4.44. The predicted molar refractivity (Wildman–Crippen MR) is 71.1 cm³/mol. The number of carbonyl (C=O) groups excluding carboxylic acids is 1. The standard InChI is InChI=1S/C14H18FNO4/c1-9-5-3-6-10(12(9)15)13(17)16-11(14(18)19)7-4-8-20-2/h3,5-6,11H,4,7-8H2,1-2H3,(H,16,17)(H,18,19). The lowest BCUT2D eigenvalue weighted by Crippen LogP contribution is -2.41. The number of hydrogen-bond acceptors (Lipinski definition) is 3. The van der Waals surface area contributed by atoms with Crippen LogP contribution in [0.2, 0.25) is 0 Å². The molecule has 5 nitrogen and oxygen atoms in total. The molecule has 0 fully saturated rings. The summed E-state index contributed by atoms with van der Waals surface area (Å²) in [5, 5.41) is 11.4. The quantitative estimate of drug-likeness (QED) is 0.747. The first-order chi connectivity index (χ1) is 9.47. The topological polar surface area (TPSA) is 75.6 Å². The monoisotopic (exact) mass is 283 g/mol. The third-order valence-corrected chi connectivity index (χ3v) is 2.88. The van der Waals surface area contributed by atoms with Crippen molar-refractivity contribution in [2.75, 3.05) is 13.7 Å². The van der Waals surface area contributed by atoms with E-state index in [1.807, 2.05) is 0 Å². The van der Waals surface area contributed by atoms with Gasteiger partial charge in [0.05, 0.1) is 5.56 Å². The van der Waals surface area contributed by atoms with Gasteiger partial charge in [-0.15, -0.1) is 0 Å². The van der Waals surface area contributed by atoms with Crippen LogP contribution in [-0.4, -0.2) is 36.7 Å². The number of nitrogens with one attached hydrogen (secondary N) is 1. The van der Waals surface area contributed by atoms with Crippen LogP contribution >= 0.6 is 0 Å². The summed E-state index contributed by atoms with van der Waals surface area (Å²) in [5.74, 6) is -2.51. The van der Waals surface area contributed by atoms with E-state index in [-0.39, 0.29) is 12.0 Å². The van der Waals surface area contributed by atoms with Gasteiger partial charge in [0.15, 0.2) is 0 Å². The average molecular weight is 283 g/mol. The van der Waals surface area contributed by atoms with E-state index < -0.39 is 23.7 Å². The maximum absolute atomic E-state index is 13.8. The van der Waals surface area contributed by atoms with Gasteiger partial charge in [-0.25, -0.2) is 9.18 Å². The summed E-state index contributed by atoms with van der Waals surface area (Å²) in [6, 6.07) is 3.36. The first kappa shape index (κ1) is 16.1. The van der Waals surface area contributed by atoms with Crippen molar-refractivity contribution in [1.29, 1.82) is 0 Å². The van der Waals surface area contributed by atoms with Crippen LogP contribution in [0.15, 0.2) is 18.2 Å². The van der Waals surface area contributed by atoms with Crippen molar-refractivity contribution in [3.63, 3.8) is 0 Å². The smallest absolute Gasteiger partial charge is 0.326 e. The zero-order valence-electron chi connectivity index (χ0n) is 11.5. The van der Waals surface area contributed by atoms with Crippen LogP contribution in [0.1, 0.15) is 28.8 Å². The van der Waals surface area contributed by atoms with Crippen LogP contribution in [0.5, 0.6) is 0 Å². The van der Waals surface area contributed by atoms with Crippen LogP contribution in [-0.2, 0) is 9.53 Å². The Labute approximate surface area is 116 Å². The van der Waals surface area contributed by atoms with Crippen molar-refractivity contribution in [2.45, 2.75) is 25.8 Å². The number of ether oxygens (including phenoxy) is 1. The lowest BCUT2D eigenvalue weighted by Gasteiger charge is -2.15. The van der Waals surface area contributed by atoms with Gasteiger partial charge in [0.1, 0.15) is 11.9 Å². The fourth-order valence-electron chi connectivity index (χ4n) is 1.75. The molecular formula is C14H18FNO4. The SMILES string of the molecule is COCCCC(NC(=O)c1cccc(C)c1F)C(=O)O. The average Bonchev–Trinajstić information content (AvgIpc) is 2.40. The summed E-state index contributed by atoms with van der Waals surface area (Å²) in [7, 11) is 1.51. The highest BCUT2D eigenvalue weighted by Crippen LogP contribution is 2.12. The number of rotatable bonds is 7. The minimum absolute atomic E-state index is 0.150. The Morgan fingerprint density at radius 1 is 1.45 bits per heavy atom. The summed E-state index contributed by atoms with van der Waals surface area (Å²) in [5.41, 5.74) is 0.187. The van der Waals surface area contributed by atoms with E-state index in [0.717, 1.165) is 0 Å². The van der Waals surface area contributed by atoms with E-state index in [1.165, 1.54) is 13.2 Å². The molecule has 0 aromatic heterocycles. The third-order valence-electron chi connectivity index (χ3n) is 2.88. The van der Waals surface area contributed by atoms with E-state index in [9.17, 15) is 14.0 Å². The van der Waals surface area contributed by atoms with Crippen molar-refractivity contribution in [3.8, 4) is 0 Å². The molecule has 1 rings (SSSR count). The maximum Gasteiger partial charge on any atom is 0.326 e. The molecule has 1 aromatic rings. The van der Waals surface area contributed by atoms with Crippen molar-refractivity contribution in [1.82, 2.24) is 5.32 Å². The van der Waals surface area contributed by atoms with E-state index >= 15 is 0 Å². The highest BCUT2D eigenvalue weighted by molar-refractivity contribution is 5.96. The molecule has 1 unspecified atom stereocenters. The Bertz CT molecular complexity index is 490. The molecule has 0 aliphatic rings. The van der Waals surface area contributed by atoms with Crippen molar-refractivity contribution >= 4 is 11.9 Å². The van der Waals surface area contributed by atoms with Gasteiger partial charge in [0, 0.05) is 13.7 Å². The zero-order valence-corrected chi connectivity index (χ0v) is 11.5. The van der Waals surface area contributed by atoms with Gasteiger partial charge >= 0.3 is 5.97 Å². The minimum Gasteiger partial charge on any atom is -0.480 e. The molecule has 0 spiro atoms. The number of aliphatic carboxylic acids is 1. The Morgan fingerprint density at radius 2 is 2.15 bits per heavy atom. The number of amides is 1. The first-order valence-corrected chi connectivity index (χ1v) is 6.25. The second kappa shape index (κ2) is 7.59. The molecule has 0 bridgehead atoms. The highest BCUT2D eigenvalue weighted by atomic mass is 19.1. The molecule has 0 aliphatic carbocycles. The Hall–Kier alpha value is -1.95. The van der Waals surface area contributed by atoms with Gasteiger partial charge in [0.2, 0.25) is 0 Å². The minimum atomic E-state index is -1.15. The van der Waals surface area contributed by atoms with Crippen molar-refractivity contribution in [3.05, 3.63) is 35.1 Å². The molecule has 0 saturated heterocycles. The Kier molecular flexibility index (Phi) is 6.11. The molecule has 0 heterocycles. The lowest BCUT2D eigenvalue weighted by molar-refractivity contribution is -0.139. The summed E-state index contributed by atoms with van der Waals surface area (Å²) >= 11 is 0. The molecular weight excluding hydrogens is 265 g/mol. The summed E-state index contributed by atoms with van der Waals surface area (Å²) in [6.45, 7) is 1.94. The molecule has 0 aliphatic heterocycles. The van der Waals surface area contributed by atoms with Gasteiger partial charge in [-0.1, -0.05) is 12.1 Å². The fraction of sp³-hybridized carbons (Fsp3) is 0.429. The van der Waals surface area contributed by atoms with E-state index in [0.29, 0.717) is 18.6 Å². The van der Waals surface area contributed by atoms with Crippen molar-refractivity contribution < 1.29 is 23.8 Å². The lowest BCUT2D eigenvalue weighted by atomic mass is 10.1. The molecule has 2 N–H and O–H groups in total. The van der Waals surface area contributed by atoms with E-state index in [4.69, 9.17) is 9.84 Å². The number of benzene rings is 1. The summed E-state index contributed by atoms with van der Waals surface area (Å²) < 4.78 is 18.6. The molecule has 0 saturated carbocycles. The molecule has 1 amide bonds. The van der Waals surface area contributed by atoms with Gasteiger partial charge < -0.3 is 15.2 Å². The van der Waals surface area contributed by atoms with Gasteiger partial charge in [-0.2, -0.15) is 0 Å². The van der Waals surface area contributed by atoms with Crippen LogP contribution in [0.4, 0.5) is 4.39 Å². The van der Waals surface area contributed by atoms with E-state index in [2.05, 4.69) is 5.32 Å². The third kappa shape index (κ3) is 4.31. The summed E-state index contributed by atoms with van der Waals surface area (Å²) in [4.78, 5) is 23.0. The van der Waals surface area contributed by atoms with Gasteiger partial charge in [-0.05, 0) is 31.4 Å². The predicted octanol–water partition coefficient (Wildman–Crippen LogP) is 1.74. The summed E-state index contributed by atoms with van der Waals surface area (Å²) in [6.07, 6.45) is 0.715. The number of carboxylic acid groups (broad SMARTS) is 1.